The molecule has 1 aliphatic rings. The van der Waals surface area contributed by atoms with E-state index in [1.54, 1.807) is 0 Å². The number of ether oxygens (including phenoxy) is 1. The lowest BCUT2D eigenvalue weighted by molar-refractivity contribution is -0.153. The third-order valence-corrected chi connectivity index (χ3v) is 6.33. The largest absolute Gasteiger partial charge is 0.457 e. The maximum absolute atomic E-state index is 12.5. The molecule has 1 saturated heterocycles. The molecule has 1 unspecified atom stereocenters. The van der Waals surface area contributed by atoms with Crippen LogP contribution in [0.3, 0.4) is 0 Å². The number of nitrogens with one attached hydrogen (secondary N) is 1. The molecule has 0 spiro atoms. The summed E-state index contributed by atoms with van der Waals surface area (Å²) in [5.41, 5.74) is 2.70. The van der Waals surface area contributed by atoms with Crippen LogP contribution in [-0.2, 0) is 16.1 Å². The van der Waals surface area contributed by atoms with Gasteiger partial charge in [0, 0.05) is 25.2 Å². The minimum atomic E-state index is -1.82. The van der Waals surface area contributed by atoms with Crippen molar-refractivity contribution in [2.24, 2.45) is 0 Å². The Hall–Kier alpha value is -3.68. The van der Waals surface area contributed by atoms with Crippen molar-refractivity contribution >= 4 is 11.8 Å². The highest BCUT2D eigenvalue weighted by molar-refractivity contribution is 5.90. The van der Waals surface area contributed by atoms with Crippen molar-refractivity contribution in [2.75, 3.05) is 13.1 Å². The number of rotatable bonds is 8. The summed E-state index contributed by atoms with van der Waals surface area (Å²) in [6.07, 6.45) is 0.202. The Morgan fingerprint density at radius 3 is 2.14 bits per heavy atom. The van der Waals surface area contributed by atoms with Gasteiger partial charge in [-0.3, -0.25) is 9.59 Å². The summed E-state index contributed by atoms with van der Waals surface area (Å²) in [6.45, 7) is 1.23. The van der Waals surface area contributed by atoms with Gasteiger partial charge in [-0.25, -0.2) is 0 Å². The fraction of sp³-hybridized carbons (Fsp3) is 0.310. The molecule has 36 heavy (non-hydrogen) atoms. The second-order valence-corrected chi connectivity index (χ2v) is 8.96. The van der Waals surface area contributed by atoms with Gasteiger partial charge >= 0.3 is 0 Å². The maximum Gasteiger partial charge on any atom is 0.254 e. The normalized spacial score (nSPS) is 15.4. The standard InChI is InChI=1S/C29H32N2O5/c32-26(27(33)29(35)31-18-8-1-2-9-19-31)28(34)30-20-21-14-16-22(17-15-21)24-12-6-7-13-25(24)36-23-10-4-3-5-11-23/h3-7,10-17,26-27,32-33H,1-2,8-9,18-20H2,(H,30,34)/t26-,27?/m1/s1. The third-order valence-electron chi connectivity index (χ3n) is 6.33. The van der Waals surface area contributed by atoms with E-state index in [0.29, 0.717) is 13.1 Å². The monoisotopic (exact) mass is 488 g/mol. The number of amides is 2. The van der Waals surface area contributed by atoms with Crippen LogP contribution in [0.1, 0.15) is 31.2 Å². The van der Waals surface area contributed by atoms with E-state index in [0.717, 1.165) is 53.9 Å². The second-order valence-electron chi connectivity index (χ2n) is 8.96. The Kier molecular flexibility index (Phi) is 8.71. The van der Waals surface area contributed by atoms with Gasteiger partial charge in [-0.15, -0.1) is 0 Å². The first-order valence-corrected chi connectivity index (χ1v) is 12.4. The van der Waals surface area contributed by atoms with Gasteiger partial charge < -0.3 is 25.2 Å². The Balaban J connectivity index is 1.34. The lowest BCUT2D eigenvalue weighted by Crippen LogP contribution is -2.50. The molecule has 1 fully saturated rings. The van der Waals surface area contributed by atoms with Crippen LogP contribution in [0.4, 0.5) is 0 Å². The fourth-order valence-electron chi connectivity index (χ4n) is 4.26. The van der Waals surface area contributed by atoms with E-state index in [2.05, 4.69) is 5.32 Å². The molecule has 3 N–H and O–H groups in total. The van der Waals surface area contributed by atoms with Crippen LogP contribution in [0, 0.1) is 0 Å². The zero-order valence-electron chi connectivity index (χ0n) is 20.2. The maximum atomic E-state index is 12.5. The smallest absolute Gasteiger partial charge is 0.254 e. The number of carbonyl (C=O) groups is 2. The van der Waals surface area contributed by atoms with Crippen LogP contribution in [-0.4, -0.2) is 52.2 Å². The van der Waals surface area contributed by atoms with Crippen molar-refractivity contribution < 1.29 is 24.5 Å². The molecule has 0 bridgehead atoms. The van der Waals surface area contributed by atoms with Gasteiger partial charge in [-0.05, 0) is 42.2 Å². The third kappa shape index (κ3) is 6.50. The van der Waals surface area contributed by atoms with Crippen LogP contribution in [0.25, 0.3) is 11.1 Å². The summed E-state index contributed by atoms with van der Waals surface area (Å²) in [5.74, 6) is 0.104. The van der Waals surface area contributed by atoms with Crippen molar-refractivity contribution in [3.63, 3.8) is 0 Å². The van der Waals surface area contributed by atoms with E-state index in [4.69, 9.17) is 4.74 Å². The summed E-state index contributed by atoms with van der Waals surface area (Å²) >= 11 is 0. The zero-order valence-corrected chi connectivity index (χ0v) is 20.2. The predicted octanol–water partition coefficient (Wildman–Crippen LogP) is 3.89. The Bertz CT molecular complexity index is 1140. The highest BCUT2D eigenvalue weighted by Gasteiger charge is 2.33. The molecule has 3 aromatic rings. The van der Waals surface area contributed by atoms with E-state index >= 15 is 0 Å². The molecule has 0 aromatic heterocycles. The number of benzene rings is 3. The van der Waals surface area contributed by atoms with Crippen LogP contribution >= 0.6 is 0 Å². The summed E-state index contributed by atoms with van der Waals surface area (Å²) in [7, 11) is 0. The van der Waals surface area contributed by atoms with Gasteiger partial charge in [0.1, 0.15) is 11.5 Å². The van der Waals surface area contributed by atoms with Gasteiger partial charge in [-0.1, -0.05) is 73.5 Å². The molecule has 1 heterocycles. The Morgan fingerprint density at radius 1 is 0.806 bits per heavy atom. The van der Waals surface area contributed by atoms with Crippen molar-refractivity contribution in [3.05, 3.63) is 84.4 Å². The molecule has 0 aliphatic carbocycles. The summed E-state index contributed by atoms with van der Waals surface area (Å²) in [6, 6.07) is 24.9. The molecule has 3 aromatic carbocycles. The van der Waals surface area contributed by atoms with Gasteiger partial charge in [0.25, 0.3) is 11.8 Å². The number of hydrogen-bond acceptors (Lipinski definition) is 5. The number of hydrogen-bond donors (Lipinski definition) is 3. The van der Waals surface area contributed by atoms with Crippen molar-refractivity contribution in [1.29, 1.82) is 0 Å². The van der Waals surface area contributed by atoms with Crippen molar-refractivity contribution in [3.8, 4) is 22.6 Å². The molecule has 4 rings (SSSR count). The van der Waals surface area contributed by atoms with Gasteiger partial charge in [-0.2, -0.15) is 0 Å². The summed E-state index contributed by atoms with van der Waals surface area (Å²) in [5, 5.41) is 23.1. The summed E-state index contributed by atoms with van der Waals surface area (Å²) in [4.78, 5) is 26.5. The van der Waals surface area contributed by atoms with Gasteiger partial charge in [0.15, 0.2) is 12.2 Å². The van der Waals surface area contributed by atoms with Crippen LogP contribution < -0.4 is 10.1 Å². The number of aliphatic hydroxyl groups is 2. The first-order chi connectivity index (χ1) is 17.5. The van der Waals surface area contributed by atoms with E-state index < -0.39 is 24.0 Å². The SMILES string of the molecule is O=C(NCc1ccc(-c2ccccc2Oc2ccccc2)cc1)[C@H](O)C(O)C(=O)N1CCCCCC1. The molecule has 0 saturated carbocycles. The topological polar surface area (TPSA) is 99.1 Å². The van der Waals surface area contributed by atoms with Crippen LogP contribution in [0.5, 0.6) is 11.5 Å². The van der Waals surface area contributed by atoms with Gasteiger partial charge in [0.2, 0.25) is 0 Å². The van der Waals surface area contributed by atoms with Crippen LogP contribution in [0.15, 0.2) is 78.9 Å². The second kappa shape index (κ2) is 12.3. The van der Waals surface area contributed by atoms with E-state index in [1.165, 1.54) is 4.90 Å². The zero-order chi connectivity index (χ0) is 25.3. The highest BCUT2D eigenvalue weighted by atomic mass is 16.5. The molecular formula is C29H32N2O5. The predicted molar refractivity (Wildman–Crippen MR) is 137 cm³/mol. The van der Waals surface area contributed by atoms with Crippen LogP contribution in [0.2, 0.25) is 0 Å². The number of aliphatic hydroxyl groups excluding tert-OH is 2. The minimum Gasteiger partial charge on any atom is -0.457 e. The van der Waals surface area contributed by atoms with Crippen molar-refractivity contribution in [2.45, 2.75) is 44.4 Å². The Morgan fingerprint density at radius 2 is 1.44 bits per heavy atom. The number of nitrogens with zero attached hydrogens (tertiary/aromatic N) is 1. The van der Waals surface area contributed by atoms with E-state index in [-0.39, 0.29) is 6.54 Å². The summed E-state index contributed by atoms with van der Waals surface area (Å²) < 4.78 is 6.05. The van der Waals surface area contributed by atoms with E-state index in [1.807, 2.05) is 78.9 Å². The van der Waals surface area contributed by atoms with E-state index in [9.17, 15) is 19.8 Å². The first kappa shape index (κ1) is 25.4. The number of likely N-dealkylation sites (tertiary alicyclic amines) is 1. The number of carbonyl (C=O) groups excluding carboxylic acids is 2. The molecule has 0 radical (unpaired) electrons. The number of para-hydroxylation sites is 2. The first-order valence-electron chi connectivity index (χ1n) is 12.4. The molecular weight excluding hydrogens is 456 g/mol. The molecule has 7 nitrogen and oxygen atoms in total. The molecule has 2 amide bonds. The molecule has 2 atom stereocenters. The fourth-order valence-corrected chi connectivity index (χ4v) is 4.26. The molecule has 7 heteroatoms. The Labute approximate surface area is 211 Å². The average molecular weight is 489 g/mol. The quantitative estimate of drug-likeness (QED) is 0.447. The molecule has 1 aliphatic heterocycles. The highest BCUT2D eigenvalue weighted by Crippen LogP contribution is 2.33. The average Bonchev–Trinajstić information content (AvgIpc) is 3.21. The lowest BCUT2D eigenvalue weighted by atomic mass is 10.0. The molecule has 188 valence electrons. The van der Waals surface area contributed by atoms with Gasteiger partial charge in [0.05, 0.1) is 0 Å². The van der Waals surface area contributed by atoms with Crippen molar-refractivity contribution in [1.82, 2.24) is 10.2 Å². The minimum absolute atomic E-state index is 0.156. The lowest BCUT2D eigenvalue weighted by Gasteiger charge is -2.25.